The number of thiazole rings is 1. The molecule has 2 N–H and O–H groups in total. The maximum atomic E-state index is 5.97. The Morgan fingerprint density at radius 1 is 1.17 bits per heavy atom. The van der Waals surface area contributed by atoms with Gasteiger partial charge in [0.05, 0.1) is 15.2 Å². The molecule has 0 bridgehead atoms. The summed E-state index contributed by atoms with van der Waals surface area (Å²) in [5.41, 5.74) is 8.75. The van der Waals surface area contributed by atoms with Crippen molar-refractivity contribution in [1.82, 2.24) is 4.98 Å². The van der Waals surface area contributed by atoms with Gasteiger partial charge in [0.15, 0.2) is 0 Å². The third kappa shape index (κ3) is 2.33. The number of benzene rings is 2. The monoisotopic (exact) mass is 274 g/mol. The average Bonchev–Trinajstić information content (AvgIpc) is 2.70. The molecule has 0 amide bonds. The maximum Gasteiger partial charge on any atom is 0.0982 e. The second kappa shape index (κ2) is 4.59. The molecule has 1 heterocycles. The SMILES string of the molecule is Nc1cccc(Cc2nc3ccc(Cl)cc3s2)c1. The molecule has 0 fully saturated rings. The van der Waals surface area contributed by atoms with E-state index in [-0.39, 0.29) is 0 Å². The Kier molecular flexibility index (Phi) is 2.94. The van der Waals surface area contributed by atoms with Gasteiger partial charge in [-0.3, -0.25) is 0 Å². The van der Waals surface area contributed by atoms with E-state index in [2.05, 4.69) is 11.1 Å². The normalized spacial score (nSPS) is 10.9. The Balaban J connectivity index is 1.95. The predicted molar refractivity (Wildman–Crippen MR) is 78.3 cm³/mol. The molecule has 0 radical (unpaired) electrons. The van der Waals surface area contributed by atoms with E-state index in [4.69, 9.17) is 17.3 Å². The van der Waals surface area contributed by atoms with Gasteiger partial charge in [0.2, 0.25) is 0 Å². The number of nitrogens with two attached hydrogens (primary N) is 1. The zero-order valence-electron chi connectivity index (χ0n) is 9.56. The van der Waals surface area contributed by atoms with Crippen LogP contribution >= 0.6 is 22.9 Å². The summed E-state index contributed by atoms with van der Waals surface area (Å²) in [5.74, 6) is 0. The highest BCUT2D eigenvalue weighted by Gasteiger charge is 2.05. The molecule has 0 aliphatic carbocycles. The zero-order chi connectivity index (χ0) is 12.5. The third-order valence-corrected chi connectivity index (χ3v) is 3.95. The molecule has 2 aromatic carbocycles. The Morgan fingerprint density at radius 3 is 2.89 bits per heavy atom. The van der Waals surface area contributed by atoms with Crippen molar-refractivity contribution < 1.29 is 0 Å². The van der Waals surface area contributed by atoms with Crippen LogP contribution in [-0.4, -0.2) is 4.98 Å². The van der Waals surface area contributed by atoms with Crippen molar-refractivity contribution in [3.8, 4) is 0 Å². The second-order valence-electron chi connectivity index (χ2n) is 4.14. The van der Waals surface area contributed by atoms with E-state index in [1.165, 1.54) is 5.56 Å². The van der Waals surface area contributed by atoms with E-state index >= 15 is 0 Å². The number of hydrogen-bond acceptors (Lipinski definition) is 3. The highest BCUT2D eigenvalue weighted by molar-refractivity contribution is 7.18. The molecule has 18 heavy (non-hydrogen) atoms. The van der Waals surface area contributed by atoms with Gasteiger partial charge in [-0.1, -0.05) is 23.7 Å². The number of halogens is 1. The minimum absolute atomic E-state index is 0.752. The van der Waals surface area contributed by atoms with Crippen LogP contribution in [0.1, 0.15) is 10.6 Å². The summed E-state index contributed by atoms with van der Waals surface area (Å²) in [5, 5.41) is 1.83. The van der Waals surface area contributed by atoms with Crippen LogP contribution in [0.3, 0.4) is 0 Å². The van der Waals surface area contributed by atoms with Gasteiger partial charge in [0.1, 0.15) is 0 Å². The molecule has 0 unspecified atom stereocenters. The minimum Gasteiger partial charge on any atom is -0.399 e. The average molecular weight is 275 g/mol. The summed E-state index contributed by atoms with van der Waals surface area (Å²) in [6.07, 6.45) is 0.808. The maximum absolute atomic E-state index is 5.97. The summed E-state index contributed by atoms with van der Waals surface area (Å²) in [7, 11) is 0. The van der Waals surface area contributed by atoms with Crippen molar-refractivity contribution >= 4 is 38.8 Å². The van der Waals surface area contributed by atoms with Crippen LogP contribution < -0.4 is 5.73 Å². The lowest BCUT2D eigenvalue weighted by atomic mass is 10.1. The Labute approximate surface area is 114 Å². The largest absolute Gasteiger partial charge is 0.399 e. The van der Waals surface area contributed by atoms with E-state index in [0.717, 1.165) is 32.4 Å². The van der Waals surface area contributed by atoms with E-state index in [1.54, 1.807) is 11.3 Å². The van der Waals surface area contributed by atoms with Crippen LogP contribution in [0.25, 0.3) is 10.2 Å². The molecule has 0 aliphatic rings. The molecule has 90 valence electrons. The van der Waals surface area contributed by atoms with Crippen molar-refractivity contribution in [2.45, 2.75) is 6.42 Å². The number of rotatable bonds is 2. The smallest absolute Gasteiger partial charge is 0.0982 e. The molecule has 3 aromatic rings. The standard InChI is InChI=1S/C14H11ClN2S/c15-10-4-5-12-13(8-10)18-14(17-12)7-9-2-1-3-11(16)6-9/h1-6,8H,7,16H2. The molecular weight excluding hydrogens is 264 g/mol. The van der Waals surface area contributed by atoms with Gasteiger partial charge in [0, 0.05) is 17.1 Å². The lowest BCUT2D eigenvalue weighted by molar-refractivity contribution is 1.16. The first-order valence-electron chi connectivity index (χ1n) is 5.60. The molecule has 0 spiro atoms. The van der Waals surface area contributed by atoms with Crippen molar-refractivity contribution in [3.63, 3.8) is 0 Å². The zero-order valence-corrected chi connectivity index (χ0v) is 11.1. The first kappa shape index (κ1) is 11.5. The number of nitrogen functional groups attached to an aromatic ring is 1. The fourth-order valence-corrected chi connectivity index (χ4v) is 3.18. The van der Waals surface area contributed by atoms with Crippen molar-refractivity contribution in [3.05, 3.63) is 58.1 Å². The molecule has 1 aromatic heterocycles. The quantitative estimate of drug-likeness (QED) is 0.714. The van der Waals surface area contributed by atoms with Crippen LogP contribution in [0, 0.1) is 0 Å². The van der Waals surface area contributed by atoms with E-state index in [9.17, 15) is 0 Å². The van der Waals surface area contributed by atoms with Crippen LogP contribution in [0.4, 0.5) is 5.69 Å². The van der Waals surface area contributed by atoms with Gasteiger partial charge >= 0.3 is 0 Å². The molecule has 0 saturated heterocycles. The fraction of sp³-hybridized carbons (Fsp3) is 0.0714. The van der Waals surface area contributed by atoms with Crippen LogP contribution in [0.5, 0.6) is 0 Å². The van der Waals surface area contributed by atoms with Crippen molar-refractivity contribution in [1.29, 1.82) is 0 Å². The van der Waals surface area contributed by atoms with E-state index in [0.29, 0.717) is 0 Å². The van der Waals surface area contributed by atoms with Gasteiger partial charge < -0.3 is 5.73 Å². The van der Waals surface area contributed by atoms with Gasteiger partial charge in [-0.25, -0.2) is 4.98 Å². The first-order valence-corrected chi connectivity index (χ1v) is 6.79. The van der Waals surface area contributed by atoms with E-state index in [1.807, 2.05) is 36.4 Å². The number of nitrogens with zero attached hydrogens (tertiary/aromatic N) is 1. The summed E-state index contributed by atoms with van der Waals surface area (Å²) in [6.45, 7) is 0. The Morgan fingerprint density at radius 2 is 2.06 bits per heavy atom. The lowest BCUT2D eigenvalue weighted by Gasteiger charge is -1.98. The summed E-state index contributed by atoms with van der Waals surface area (Å²) in [4.78, 5) is 4.60. The van der Waals surface area contributed by atoms with E-state index < -0.39 is 0 Å². The number of anilines is 1. The van der Waals surface area contributed by atoms with Crippen molar-refractivity contribution in [2.24, 2.45) is 0 Å². The lowest BCUT2D eigenvalue weighted by Crippen LogP contribution is -1.90. The van der Waals surface area contributed by atoms with Crippen LogP contribution in [0.2, 0.25) is 5.02 Å². The van der Waals surface area contributed by atoms with Crippen LogP contribution in [0.15, 0.2) is 42.5 Å². The third-order valence-electron chi connectivity index (χ3n) is 2.70. The van der Waals surface area contributed by atoms with Gasteiger partial charge in [-0.05, 0) is 35.9 Å². The fourth-order valence-electron chi connectivity index (χ4n) is 1.90. The number of hydrogen-bond donors (Lipinski definition) is 1. The van der Waals surface area contributed by atoms with Crippen molar-refractivity contribution in [2.75, 3.05) is 5.73 Å². The molecular formula is C14H11ClN2S. The summed E-state index contributed by atoms with van der Waals surface area (Å²) >= 11 is 7.65. The number of fused-ring (bicyclic) bond motifs is 1. The summed E-state index contributed by atoms with van der Waals surface area (Å²) in [6, 6.07) is 13.7. The first-order chi connectivity index (χ1) is 8.70. The Hall–Kier alpha value is -1.58. The number of aromatic nitrogens is 1. The second-order valence-corrected chi connectivity index (χ2v) is 5.69. The molecule has 0 saturated carbocycles. The van der Waals surface area contributed by atoms with Gasteiger partial charge in [-0.2, -0.15) is 0 Å². The molecule has 0 aliphatic heterocycles. The highest BCUT2D eigenvalue weighted by atomic mass is 35.5. The minimum atomic E-state index is 0.752. The highest BCUT2D eigenvalue weighted by Crippen LogP contribution is 2.26. The Bertz CT molecular complexity index is 706. The molecule has 4 heteroatoms. The molecule has 0 atom stereocenters. The molecule has 3 rings (SSSR count). The topological polar surface area (TPSA) is 38.9 Å². The molecule has 2 nitrogen and oxygen atoms in total. The van der Waals surface area contributed by atoms with Gasteiger partial charge in [-0.15, -0.1) is 11.3 Å². The van der Waals surface area contributed by atoms with Gasteiger partial charge in [0.25, 0.3) is 0 Å². The summed E-state index contributed by atoms with van der Waals surface area (Å²) < 4.78 is 1.13. The predicted octanol–water partition coefficient (Wildman–Crippen LogP) is 4.12. The van der Waals surface area contributed by atoms with Crippen LogP contribution in [-0.2, 0) is 6.42 Å².